The van der Waals surface area contributed by atoms with E-state index in [1.54, 1.807) is 10.9 Å². The SMILES string of the molecule is Cc1c(C(=O)NCC2=CCNCC2)cnn1-c1ccccc1. The van der Waals surface area contributed by atoms with Crippen LogP contribution in [0.4, 0.5) is 0 Å². The highest BCUT2D eigenvalue weighted by atomic mass is 16.1. The molecule has 0 saturated heterocycles. The number of carbonyl (C=O) groups is 1. The number of aromatic nitrogens is 2. The van der Waals surface area contributed by atoms with Gasteiger partial charge >= 0.3 is 0 Å². The lowest BCUT2D eigenvalue weighted by Gasteiger charge is -2.14. The fourth-order valence-electron chi connectivity index (χ4n) is 2.58. The highest BCUT2D eigenvalue weighted by molar-refractivity contribution is 5.95. The summed E-state index contributed by atoms with van der Waals surface area (Å²) in [6.45, 7) is 4.39. The third-order valence-corrected chi connectivity index (χ3v) is 3.89. The lowest BCUT2D eigenvalue weighted by atomic mass is 10.1. The summed E-state index contributed by atoms with van der Waals surface area (Å²) in [5, 5.41) is 10.6. The molecule has 0 bridgehead atoms. The molecule has 1 aromatic carbocycles. The third-order valence-electron chi connectivity index (χ3n) is 3.89. The van der Waals surface area contributed by atoms with Crippen LogP contribution < -0.4 is 10.6 Å². The maximum absolute atomic E-state index is 12.3. The fraction of sp³-hybridized carbons (Fsp3) is 0.294. The molecular formula is C17H20N4O. The Hall–Kier alpha value is -2.40. The lowest BCUT2D eigenvalue weighted by Crippen LogP contribution is -2.29. The van der Waals surface area contributed by atoms with Crippen LogP contribution in [0, 0.1) is 6.92 Å². The molecule has 1 aliphatic heterocycles. The zero-order chi connectivity index (χ0) is 15.4. The average Bonchev–Trinajstić information content (AvgIpc) is 2.96. The summed E-state index contributed by atoms with van der Waals surface area (Å²) < 4.78 is 1.79. The summed E-state index contributed by atoms with van der Waals surface area (Å²) in [5.41, 5.74) is 3.71. The first-order valence-electron chi connectivity index (χ1n) is 7.52. The Kier molecular flexibility index (Phi) is 4.34. The molecule has 5 heteroatoms. The van der Waals surface area contributed by atoms with E-state index in [0.717, 1.165) is 30.9 Å². The number of hydrogen-bond acceptors (Lipinski definition) is 3. The first kappa shape index (κ1) is 14.5. The van der Waals surface area contributed by atoms with Gasteiger partial charge in [-0.25, -0.2) is 4.68 Å². The standard InChI is InChI=1S/C17H20N4O/c1-13-16(12-20-21(13)15-5-3-2-4-6-15)17(22)19-11-14-7-9-18-10-8-14/h2-7,12,18H,8-11H2,1H3,(H,19,22). The molecule has 5 nitrogen and oxygen atoms in total. The van der Waals surface area contributed by atoms with Gasteiger partial charge in [0.15, 0.2) is 0 Å². The van der Waals surface area contributed by atoms with E-state index in [0.29, 0.717) is 12.1 Å². The van der Waals surface area contributed by atoms with Gasteiger partial charge in [0.05, 0.1) is 23.1 Å². The molecule has 1 amide bonds. The molecule has 0 atom stereocenters. The van der Waals surface area contributed by atoms with Crippen LogP contribution in [0.15, 0.2) is 48.2 Å². The Morgan fingerprint density at radius 3 is 2.91 bits per heavy atom. The van der Waals surface area contributed by atoms with Crippen molar-refractivity contribution in [2.75, 3.05) is 19.6 Å². The predicted octanol–water partition coefficient (Wildman–Crippen LogP) is 1.83. The minimum atomic E-state index is -0.0703. The van der Waals surface area contributed by atoms with E-state index in [1.807, 2.05) is 37.3 Å². The highest BCUT2D eigenvalue weighted by Crippen LogP contribution is 2.14. The van der Waals surface area contributed by atoms with E-state index in [-0.39, 0.29) is 5.91 Å². The van der Waals surface area contributed by atoms with Crippen molar-refractivity contribution in [2.45, 2.75) is 13.3 Å². The van der Waals surface area contributed by atoms with Gasteiger partial charge in [-0.3, -0.25) is 4.79 Å². The largest absolute Gasteiger partial charge is 0.348 e. The van der Waals surface area contributed by atoms with Crippen molar-refractivity contribution in [1.29, 1.82) is 0 Å². The van der Waals surface area contributed by atoms with Crippen molar-refractivity contribution < 1.29 is 4.79 Å². The lowest BCUT2D eigenvalue weighted by molar-refractivity contribution is 0.0956. The Balaban J connectivity index is 1.71. The van der Waals surface area contributed by atoms with E-state index in [1.165, 1.54) is 5.57 Å². The zero-order valence-electron chi connectivity index (χ0n) is 12.7. The molecule has 1 aromatic heterocycles. The molecule has 22 heavy (non-hydrogen) atoms. The molecular weight excluding hydrogens is 276 g/mol. The number of amides is 1. The van der Waals surface area contributed by atoms with Gasteiger partial charge in [0.25, 0.3) is 5.91 Å². The first-order chi connectivity index (χ1) is 10.8. The minimum Gasteiger partial charge on any atom is -0.348 e. The van der Waals surface area contributed by atoms with Crippen molar-refractivity contribution in [3.8, 4) is 5.69 Å². The molecule has 1 aliphatic rings. The Labute approximate surface area is 130 Å². The van der Waals surface area contributed by atoms with Gasteiger partial charge in [0.1, 0.15) is 0 Å². The first-order valence-corrected chi connectivity index (χ1v) is 7.52. The topological polar surface area (TPSA) is 59.0 Å². The number of hydrogen-bond donors (Lipinski definition) is 2. The summed E-state index contributed by atoms with van der Waals surface area (Å²) in [6, 6.07) is 9.82. The second-order valence-corrected chi connectivity index (χ2v) is 5.39. The molecule has 0 spiro atoms. The minimum absolute atomic E-state index is 0.0703. The molecule has 0 radical (unpaired) electrons. The van der Waals surface area contributed by atoms with Crippen molar-refractivity contribution in [2.24, 2.45) is 0 Å². The summed E-state index contributed by atoms with van der Waals surface area (Å²) in [5.74, 6) is -0.0703. The Bertz CT molecular complexity index is 688. The Morgan fingerprint density at radius 2 is 2.18 bits per heavy atom. The molecule has 0 fully saturated rings. The van der Waals surface area contributed by atoms with Crippen LogP contribution in [-0.4, -0.2) is 35.3 Å². The highest BCUT2D eigenvalue weighted by Gasteiger charge is 2.15. The van der Waals surface area contributed by atoms with Gasteiger partial charge in [-0.2, -0.15) is 5.10 Å². The molecule has 114 valence electrons. The van der Waals surface area contributed by atoms with E-state index in [9.17, 15) is 4.79 Å². The van der Waals surface area contributed by atoms with Crippen LogP contribution in [0.25, 0.3) is 5.69 Å². The molecule has 0 unspecified atom stereocenters. The van der Waals surface area contributed by atoms with Crippen molar-refractivity contribution in [3.63, 3.8) is 0 Å². The second-order valence-electron chi connectivity index (χ2n) is 5.39. The van der Waals surface area contributed by atoms with E-state index in [4.69, 9.17) is 0 Å². The summed E-state index contributed by atoms with van der Waals surface area (Å²) >= 11 is 0. The fourth-order valence-corrected chi connectivity index (χ4v) is 2.58. The molecule has 0 aliphatic carbocycles. The maximum Gasteiger partial charge on any atom is 0.255 e. The molecule has 2 N–H and O–H groups in total. The maximum atomic E-state index is 12.3. The van der Waals surface area contributed by atoms with Crippen LogP contribution in [-0.2, 0) is 0 Å². The number of rotatable bonds is 4. The van der Waals surface area contributed by atoms with Crippen LogP contribution in [0.2, 0.25) is 0 Å². The number of carbonyl (C=O) groups excluding carboxylic acids is 1. The number of nitrogens with one attached hydrogen (secondary N) is 2. The number of para-hydroxylation sites is 1. The smallest absolute Gasteiger partial charge is 0.255 e. The van der Waals surface area contributed by atoms with Crippen LogP contribution >= 0.6 is 0 Å². The monoisotopic (exact) mass is 296 g/mol. The van der Waals surface area contributed by atoms with Gasteiger partial charge < -0.3 is 10.6 Å². The van der Waals surface area contributed by atoms with Crippen LogP contribution in [0.3, 0.4) is 0 Å². The van der Waals surface area contributed by atoms with E-state index in [2.05, 4.69) is 21.8 Å². The van der Waals surface area contributed by atoms with Crippen molar-refractivity contribution in [1.82, 2.24) is 20.4 Å². The quantitative estimate of drug-likeness (QED) is 0.846. The third kappa shape index (κ3) is 3.09. The summed E-state index contributed by atoms with van der Waals surface area (Å²) in [4.78, 5) is 12.3. The molecule has 2 aromatic rings. The van der Waals surface area contributed by atoms with Crippen LogP contribution in [0.5, 0.6) is 0 Å². The van der Waals surface area contributed by atoms with Crippen molar-refractivity contribution in [3.05, 3.63) is 59.4 Å². The van der Waals surface area contributed by atoms with Gasteiger partial charge in [0.2, 0.25) is 0 Å². The molecule has 2 heterocycles. The number of benzene rings is 1. The normalized spacial score (nSPS) is 14.5. The average molecular weight is 296 g/mol. The zero-order valence-corrected chi connectivity index (χ0v) is 12.7. The number of nitrogens with zero attached hydrogens (tertiary/aromatic N) is 2. The second kappa shape index (κ2) is 6.58. The van der Waals surface area contributed by atoms with Gasteiger partial charge in [-0.1, -0.05) is 29.8 Å². The predicted molar refractivity (Wildman–Crippen MR) is 86.2 cm³/mol. The van der Waals surface area contributed by atoms with Crippen LogP contribution in [0.1, 0.15) is 22.5 Å². The molecule has 0 saturated carbocycles. The Morgan fingerprint density at radius 1 is 1.36 bits per heavy atom. The summed E-state index contributed by atoms with van der Waals surface area (Å²) in [7, 11) is 0. The summed E-state index contributed by atoms with van der Waals surface area (Å²) in [6.07, 6.45) is 4.76. The van der Waals surface area contributed by atoms with Crippen molar-refractivity contribution >= 4 is 5.91 Å². The molecule has 3 rings (SSSR count). The van der Waals surface area contributed by atoms with Gasteiger partial charge in [0, 0.05) is 13.1 Å². The van der Waals surface area contributed by atoms with E-state index < -0.39 is 0 Å². The van der Waals surface area contributed by atoms with E-state index >= 15 is 0 Å². The van der Waals surface area contributed by atoms with Gasteiger partial charge in [-0.05, 0) is 32.0 Å². The van der Waals surface area contributed by atoms with Gasteiger partial charge in [-0.15, -0.1) is 0 Å².